The molecule has 1 aromatic heterocycles. The van der Waals surface area contributed by atoms with E-state index in [2.05, 4.69) is 22.5 Å². The van der Waals surface area contributed by atoms with Gasteiger partial charge in [0.15, 0.2) is 5.96 Å². The Labute approximate surface area is 182 Å². The summed E-state index contributed by atoms with van der Waals surface area (Å²) in [5.41, 5.74) is 1.31. The highest BCUT2D eigenvalue weighted by molar-refractivity contribution is 5.79. The molecule has 1 aromatic rings. The Morgan fingerprint density at radius 3 is 2.63 bits per heavy atom. The van der Waals surface area contributed by atoms with Crippen LogP contribution in [0.25, 0.3) is 0 Å². The number of nitrogens with one attached hydrogen (secondary N) is 2. The van der Waals surface area contributed by atoms with Gasteiger partial charge >= 0.3 is 0 Å². The first-order chi connectivity index (χ1) is 14.6. The van der Waals surface area contributed by atoms with Crippen molar-refractivity contribution in [1.29, 1.82) is 0 Å². The molecule has 0 bridgehead atoms. The van der Waals surface area contributed by atoms with Gasteiger partial charge in [0.05, 0.1) is 25.5 Å². The zero-order chi connectivity index (χ0) is 21.2. The van der Waals surface area contributed by atoms with Gasteiger partial charge in [0.25, 0.3) is 0 Å². The van der Waals surface area contributed by atoms with Crippen molar-refractivity contribution in [1.82, 2.24) is 20.5 Å². The van der Waals surface area contributed by atoms with Gasteiger partial charge in [-0.2, -0.15) is 0 Å². The summed E-state index contributed by atoms with van der Waals surface area (Å²) in [5.74, 6) is 1.86. The fourth-order valence-electron chi connectivity index (χ4n) is 4.50. The highest BCUT2D eigenvalue weighted by Gasteiger charge is 2.34. The Hall–Kier alpha value is -1.86. The van der Waals surface area contributed by atoms with Crippen LogP contribution in [0.3, 0.4) is 0 Å². The standard InChI is InChI=1S/C23H40N6O/c1-4-24-22(25-17-20-9-8-10-21(27-20)28(2)3)26-18-23(11-6-5-7-12-23)19-29-13-15-30-16-14-29/h8-10H,4-7,11-19H2,1-3H3,(H2,24,25,26). The SMILES string of the molecule is CCNC(=NCc1cccc(N(C)C)n1)NCC1(CN2CCOCC2)CCCCC1. The summed E-state index contributed by atoms with van der Waals surface area (Å²) in [6.45, 7) is 9.54. The van der Waals surface area contributed by atoms with Crippen LogP contribution in [0, 0.1) is 5.41 Å². The minimum absolute atomic E-state index is 0.328. The van der Waals surface area contributed by atoms with E-state index in [4.69, 9.17) is 14.7 Å². The molecular weight excluding hydrogens is 376 g/mol. The lowest BCUT2D eigenvalue weighted by Gasteiger charge is -2.42. The second-order valence-corrected chi connectivity index (χ2v) is 8.88. The molecule has 30 heavy (non-hydrogen) atoms. The van der Waals surface area contributed by atoms with Gasteiger partial charge in [0, 0.05) is 52.2 Å². The van der Waals surface area contributed by atoms with E-state index in [9.17, 15) is 0 Å². The van der Waals surface area contributed by atoms with Crippen molar-refractivity contribution in [3.63, 3.8) is 0 Å². The normalized spacial score (nSPS) is 20.0. The molecule has 1 aliphatic carbocycles. The molecule has 0 radical (unpaired) electrons. The predicted octanol–water partition coefficient (Wildman–Crippen LogP) is 2.49. The molecule has 2 N–H and O–H groups in total. The minimum atomic E-state index is 0.328. The maximum absolute atomic E-state index is 5.55. The van der Waals surface area contributed by atoms with Crippen LogP contribution < -0.4 is 15.5 Å². The van der Waals surface area contributed by atoms with E-state index >= 15 is 0 Å². The van der Waals surface area contributed by atoms with Crippen molar-refractivity contribution >= 4 is 11.8 Å². The Kier molecular flexibility index (Phi) is 8.75. The molecule has 1 saturated heterocycles. The third kappa shape index (κ3) is 6.84. The fraction of sp³-hybridized carbons (Fsp3) is 0.739. The van der Waals surface area contributed by atoms with Crippen molar-refractivity contribution in [3.8, 4) is 0 Å². The molecule has 0 aromatic carbocycles. The number of morpholine rings is 1. The lowest BCUT2D eigenvalue weighted by Crippen LogP contribution is -2.51. The predicted molar refractivity (Wildman–Crippen MR) is 124 cm³/mol. The number of guanidine groups is 1. The fourth-order valence-corrected chi connectivity index (χ4v) is 4.50. The molecule has 0 unspecified atom stereocenters. The van der Waals surface area contributed by atoms with Crippen LogP contribution in [-0.4, -0.2) is 75.9 Å². The largest absolute Gasteiger partial charge is 0.379 e. The van der Waals surface area contributed by atoms with E-state index in [1.807, 2.05) is 37.2 Å². The molecule has 168 valence electrons. The van der Waals surface area contributed by atoms with Crippen LogP contribution in [0.4, 0.5) is 5.82 Å². The van der Waals surface area contributed by atoms with E-state index in [0.29, 0.717) is 12.0 Å². The third-order valence-corrected chi connectivity index (χ3v) is 6.20. The van der Waals surface area contributed by atoms with Gasteiger partial charge < -0.3 is 20.3 Å². The summed E-state index contributed by atoms with van der Waals surface area (Å²) in [5, 5.41) is 7.09. The Balaban J connectivity index is 1.63. The van der Waals surface area contributed by atoms with Crippen LogP contribution in [0.1, 0.15) is 44.7 Å². The second-order valence-electron chi connectivity index (χ2n) is 8.88. The first kappa shape index (κ1) is 22.8. The van der Waals surface area contributed by atoms with Gasteiger partial charge in [-0.1, -0.05) is 25.3 Å². The number of anilines is 1. The molecule has 7 nitrogen and oxygen atoms in total. The molecule has 1 saturated carbocycles. The van der Waals surface area contributed by atoms with Crippen molar-refractivity contribution in [2.75, 3.05) is 64.9 Å². The van der Waals surface area contributed by atoms with Crippen LogP contribution in [-0.2, 0) is 11.3 Å². The van der Waals surface area contributed by atoms with E-state index < -0.39 is 0 Å². The zero-order valence-corrected chi connectivity index (χ0v) is 19.1. The minimum Gasteiger partial charge on any atom is -0.379 e. The molecule has 1 aliphatic heterocycles. The average molecular weight is 417 g/mol. The van der Waals surface area contributed by atoms with E-state index in [1.165, 1.54) is 32.1 Å². The van der Waals surface area contributed by atoms with Gasteiger partial charge in [-0.15, -0.1) is 0 Å². The summed E-state index contributed by atoms with van der Waals surface area (Å²) >= 11 is 0. The smallest absolute Gasteiger partial charge is 0.191 e. The maximum atomic E-state index is 5.55. The van der Waals surface area contributed by atoms with Crippen molar-refractivity contribution in [2.45, 2.75) is 45.6 Å². The first-order valence-electron chi connectivity index (χ1n) is 11.6. The number of hydrogen-bond donors (Lipinski definition) is 2. The monoisotopic (exact) mass is 416 g/mol. The lowest BCUT2D eigenvalue weighted by molar-refractivity contribution is 0.00820. The lowest BCUT2D eigenvalue weighted by atomic mass is 9.73. The van der Waals surface area contributed by atoms with Gasteiger partial charge in [-0.25, -0.2) is 9.98 Å². The van der Waals surface area contributed by atoms with Crippen LogP contribution in [0.15, 0.2) is 23.2 Å². The number of hydrogen-bond acceptors (Lipinski definition) is 5. The van der Waals surface area contributed by atoms with Crippen molar-refractivity contribution < 1.29 is 4.74 Å². The van der Waals surface area contributed by atoms with Crippen LogP contribution in [0.2, 0.25) is 0 Å². The molecule has 2 aliphatic rings. The van der Waals surface area contributed by atoms with E-state index in [-0.39, 0.29) is 0 Å². The van der Waals surface area contributed by atoms with Crippen molar-refractivity contribution in [2.24, 2.45) is 10.4 Å². The number of nitrogens with zero attached hydrogens (tertiary/aromatic N) is 4. The molecule has 7 heteroatoms. The molecular formula is C23H40N6O. The average Bonchev–Trinajstić information content (AvgIpc) is 2.77. The third-order valence-electron chi connectivity index (χ3n) is 6.20. The topological polar surface area (TPSA) is 65.0 Å². The van der Waals surface area contributed by atoms with Crippen LogP contribution >= 0.6 is 0 Å². The first-order valence-corrected chi connectivity index (χ1v) is 11.6. The highest BCUT2D eigenvalue weighted by Crippen LogP contribution is 2.36. The Morgan fingerprint density at radius 2 is 1.93 bits per heavy atom. The second kappa shape index (κ2) is 11.5. The van der Waals surface area contributed by atoms with Crippen molar-refractivity contribution in [3.05, 3.63) is 23.9 Å². The maximum Gasteiger partial charge on any atom is 0.191 e. The van der Waals surface area contributed by atoms with E-state index in [1.54, 1.807) is 0 Å². The number of aliphatic imine (C=N–C) groups is 1. The van der Waals surface area contributed by atoms with Gasteiger partial charge in [-0.3, -0.25) is 4.90 Å². The highest BCUT2D eigenvalue weighted by atomic mass is 16.5. The number of ether oxygens (including phenoxy) is 1. The Bertz CT molecular complexity index is 665. The van der Waals surface area contributed by atoms with Crippen LogP contribution in [0.5, 0.6) is 0 Å². The summed E-state index contributed by atoms with van der Waals surface area (Å²) in [7, 11) is 4.03. The molecule has 3 rings (SSSR count). The van der Waals surface area contributed by atoms with Gasteiger partial charge in [-0.05, 0) is 31.9 Å². The molecule has 2 fully saturated rings. The van der Waals surface area contributed by atoms with Gasteiger partial charge in [0.1, 0.15) is 5.82 Å². The van der Waals surface area contributed by atoms with E-state index in [0.717, 1.165) is 63.4 Å². The number of aromatic nitrogens is 1. The summed E-state index contributed by atoms with van der Waals surface area (Å²) in [6.07, 6.45) is 6.63. The Morgan fingerprint density at radius 1 is 1.17 bits per heavy atom. The zero-order valence-electron chi connectivity index (χ0n) is 19.1. The summed E-state index contributed by atoms with van der Waals surface area (Å²) in [4.78, 5) is 14.1. The molecule has 0 atom stereocenters. The number of rotatable bonds is 8. The molecule has 2 heterocycles. The summed E-state index contributed by atoms with van der Waals surface area (Å²) in [6, 6.07) is 6.11. The summed E-state index contributed by atoms with van der Waals surface area (Å²) < 4.78 is 5.55. The van der Waals surface area contributed by atoms with Gasteiger partial charge in [0.2, 0.25) is 0 Å². The molecule has 0 amide bonds. The number of pyridine rings is 1. The quantitative estimate of drug-likeness (QED) is 0.501. The molecule has 0 spiro atoms.